The van der Waals surface area contributed by atoms with Gasteiger partial charge in [-0.15, -0.1) is 23.1 Å². The highest BCUT2D eigenvalue weighted by atomic mass is 32.2. The van der Waals surface area contributed by atoms with Crippen molar-refractivity contribution in [1.82, 2.24) is 9.78 Å². The Labute approximate surface area is 138 Å². The Morgan fingerprint density at radius 2 is 2.27 bits per heavy atom. The van der Waals surface area contributed by atoms with Gasteiger partial charge in [0.05, 0.1) is 16.5 Å². The van der Waals surface area contributed by atoms with Gasteiger partial charge in [-0.1, -0.05) is 13.8 Å². The summed E-state index contributed by atoms with van der Waals surface area (Å²) in [4.78, 5) is 13.1. The zero-order valence-electron chi connectivity index (χ0n) is 13.5. The molecule has 0 aromatic carbocycles. The fraction of sp³-hybridized carbons (Fsp3) is 0.500. The van der Waals surface area contributed by atoms with Crippen LogP contribution in [-0.4, -0.2) is 28.6 Å². The fourth-order valence-electron chi connectivity index (χ4n) is 3.06. The van der Waals surface area contributed by atoms with Crippen molar-refractivity contribution in [2.45, 2.75) is 36.8 Å². The summed E-state index contributed by atoms with van der Waals surface area (Å²) in [5.41, 5.74) is 4.48. The van der Waals surface area contributed by atoms with Crippen molar-refractivity contribution in [2.75, 3.05) is 12.9 Å². The largest absolute Gasteiger partial charge is 0.462 e. The van der Waals surface area contributed by atoms with E-state index in [1.807, 2.05) is 24.9 Å². The highest BCUT2D eigenvalue weighted by Crippen LogP contribution is 2.50. The average molecular weight is 336 g/mol. The van der Waals surface area contributed by atoms with Crippen LogP contribution >= 0.6 is 23.1 Å². The normalized spacial score (nSPS) is 15.3. The van der Waals surface area contributed by atoms with Crippen LogP contribution in [0.5, 0.6) is 0 Å². The Kier molecular flexibility index (Phi) is 3.85. The first-order valence-electron chi connectivity index (χ1n) is 7.30. The maximum absolute atomic E-state index is 12.3. The molecule has 0 saturated carbocycles. The predicted molar refractivity (Wildman–Crippen MR) is 91.0 cm³/mol. The van der Waals surface area contributed by atoms with E-state index in [2.05, 4.69) is 25.1 Å². The molecule has 0 fully saturated rings. The Morgan fingerprint density at radius 1 is 1.55 bits per heavy atom. The van der Waals surface area contributed by atoms with E-state index < -0.39 is 0 Å². The van der Waals surface area contributed by atoms with Gasteiger partial charge in [0, 0.05) is 24.4 Å². The van der Waals surface area contributed by atoms with E-state index in [9.17, 15) is 4.79 Å². The number of aryl methyl sites for hydroxylation is 1. The number of ether oxygens (including phenoxy) is 1. The van der Waals surface area contributed by atoms with Crippen LogP contribution in [0.25, 0.3) is 11.3 Å². The molecule has 1 aliphatic rings. The number of thioether (sulfide) groups is 1. The minimum absolute atomic E-state index is 0.0331. The summed E-state index contributed by atoms with van der Waals surface area (Å²) in [6.45, 7) is 6.66. The summed E-state index contributed by atoms with van der Waals surface area (Å²) in [6, 6.07) is 0. The molecule has 0 spiro atoms. The zero-order chi connectivity index (χ0) is 16.1. The van der Waals surface area contributed by atoms with Crippen LogP contribution in [0.1, 0.15) is 41.6 Å². The average Bonchev–Trinajstić information content (AvgIpc) is 2.99. The van der Waals surface area contributed by atoms with Crippen molar-refractivity contribution in [3.05, 3.63) is 22.2 Å². The van der Waals surface area contributed by atoms with Gasteiger partial charge in [0.2, 0.25) is 0 Å². The van der Waals surface area contributed by atoms with Crippen molar-refractivity contribution in [3.8, 4) is 11.3 Å². The summed E-state index contributed by atoms with van der Waals surface area (Å²) in [7, 11) is 1.95. The number of hydrogen-bond acceptors (Lipinski definition) is 5. The van der Waals surface area contributed by atoms with Gasteiger partial charge in [0.25, 0.3) is 0 Å². The SMILES string of the molecule is CCOC(=O)c1sc(SC)c2c1CC(C)(C)c1cn(C)nc1-2. The molecule has 0 atom stereocenters. The lowest BCUT2D eigenvalue weighted by Gasteiger charge is -2.30. The van der Waals surface area contributed by atoms with E-state index in [1.165, 1.54) is 16.9 Å². The third kappa shape index (κ3) is 2.29. The monoisotopic (exact) mass is 336 g/mol. The van der Waals surface area contributed by atoms with Gasteiger partial charge >= 0.3 is 5.97 Å². The third-order valence-corrected chi connectivity index (χ3v) is 6.37. The van der Waals surface area contributed by atoms with E-state index in [1.54, 1.807) is 11.8 Å². The summed E-state index contributed by atoms with van der Waals surface area (Å²) >= 11 is 3.21. The molecule has 0 N–H and O–H groups in total. The van der Waals surface area contributed by atoms with Gasteiger partial charge < -0.3 is 4.74 Å². The maximum Gasteiger partial charge on any atom is 0.348 e. The topological polar surface area (TPSA) is 44.1 Å². The second-order valence-corrected chi connectivity index (χ2v) is 8.22. The Hall–Kier alpha value is -1.27. The summed E-state index contributed by atoms with van der Waals surface area (Å²) < 4.78 is 8.26. The molecular weight excluding hydrogens is 316 g/mol. The highest BCUT2D eigenvalue weighted by Gasteiger charge is 2.38. The van der Waals surface area contributed by atoms with Crippen LogP contribution in [0.4, 0.5) is 0 Å². The van der Waals surface area contributed by atoms with Crippen LogP contribution in [0, 0.1) is 0 Å². The number of esters is 1. The summed E-state index contributed by atoms with van der Waals surface area (Å²) in [5, 5.41) is 4.67. The molecule has 118 valence electrons. The van der Waals surface area contributed by atoms with Gasteiger partial charge in [-0.25, -0.2) is 4.79 Å². The van der Waals surface area contributed by atoms with E-state index >= 15 is 0 Å². The zero-order valence-corrected chi connectivity index (χ0v) is 15.2. The number of carbonyl (C=O) groups excluding carboxylic acids is 1. The number of nitrogens with zero attached hydrogens (tertiary/aromatic N) is 2. The minimum atomic E-state index is -0.209. The molecule has 0 saturated heterocycles. The smallest absolute Gasteiger partial charge is 0.348 e. The van der Waals surface area contributed by atoms with Gasteiger partial charge in [-0.2, -0.15) is 5.10 Å². The first kappa shape index (κ1) is 15.6. The molecular formula is C16H20N2O2S2. The molecule has 2 aromatic rings. The minimum Gasteiger partial charge on any atom is -0.462 e. The molecule has 3 rings (SSSR count). The van der Waals surface area contributed by atoms with Crippen LogP contribution in [0.3, 0.4) is 0 Å². The van der Waals surface area contributed by atoms with Gasteiger partial charge in [0.15, 0.2) is 0 Å². The standard InChI is InChI=1S/C16H20N2O2S2/c1-6-20-14(19)13-9-7-16(2,3)10-8-18(4)17-12(10)11(9)15(21-5)22-13/h8H,6-7H2,1-5H3. The molecule has 4 nitrogen and oxygen atoms in total. The first-order chi connectivity index (χ1) is 10.4. The lowest BCUT2D eigenvalue weighted by Crippen LogP contribution is -2.25. The molecule has 6 heteroatoms. The van der Waals surface area contributed by atoms with Gasteiger partial charge in [-0.05, 0) is 30.6 Å². The van der Waals surface area contributed by atoms with Crippen LogP contribution in [0.15, 0.2) is 10.4 Å². The van der Waals surface area contributed by atoms with Crippen molar-refractivity contribution in [1.29, 1.82) is 0 Å². The Balaban J connectivity index is 2.25. The molecule has 0 aliphatic heterocycles. The molecule has 2 heterocycles. The van der Waals surface area contributed by atoms with Crippen molar-refractivity contribution in [3.63, 3.8) is 0 Å². The summed E-state index contributed by atoms with van der Waals surface area (Å²) in [6.07, 6.45) is 4.99. The predicted octanol–water partition coefficient (Wildman–Crippen LogP) is 3.88. The van der Waals surface area contributed by atoms with Crippen LogP contribution in [-0.2, 0) is 23.6 Å². The van der Waals surface area contributed by atoms with Crippen molar-refractivity contribution >= 4 is 29.1 Å². The Bertz CT molecular complexity index is 744. The van der Waals surface area contributed by atoms with E-state index in [-0.39, 0.29) is 11.4 Å². The van der Waals surface area contributed by atoms with Crippen LogP contribution < -0.4 is 0 Å². The lowest BCUT2D eigenvalue weighted by atomic mass is 9.73. The lowest BCUT2D eigenvalue weighted by molar-refractivity contribution is 0.0530. The fourth-order valence-corrected chi connectivity index (χ4v) is 5.02. The van der Waals surface area contributed by atoms with Crippen LogP contribution in [0.2, 0.25) is 0 Å². The maximum atomic E-state index is 12.3. The number of hydrogen-bond donors (Lipinski definition) is 0. The molecule has 0 bridgehead atoms. The van der Waals surface area contributed by atoms with E-state index in [4.69, 9.17) is 4.74 Å². The van der Waals surface area contributed by atoms with Gasteiger partial charge in [-0.3, -0.25) is 4.68 Å². The second kappa shape index (κ2) is 5.42. The van der Waals surface area contributed by atoms with E-state index in [0.29, 0.717) is 6.61 Å². The molecule has 1 aliphatic carbocycles. The van der Waals surface area contributed by atoms with E-state index in [0.717, 1.165) is 32.3 Å². The number of rotatable bonds is 3. The van der Waals surface area contributed by atoms with Crippen molar-refractivity contribution < 1.29 is 9.53 Å². The second-order valence-electron chi connectivity index (χ2n) is 6.12. The molecule has 0 unspecified atom stereocenters. The molecule has 0 radical (unpaired) electrons. The first-order valence-corrected chi connectivity index (χ1v) is 9.34. The quantitative estimate of drug-likeness (QED) is 0.630. The molecule has 0 amide bonds. The number of carbonyl (C=O) groups is 1. The third-order valence-electron chi connectivity index (χ3n) is 4.03. The molecule has 2 aromatic heterocycles. The summed E-state index contributed by atoms with van der Waals surface area (Å²) in [5.74, 6) is -0.209. The molecule has 22 heavy (non-hydrogen) atoms. The number of fused-ring (bicyclic) bond motifs is 3. The number of thiophene rings is 1. The Morgan fingerprint density at radius 3 is 2.91 bits per heavy atom. The van der Waals surface area contributed by atoms with Gasteiger partial charge in [0.1, 0.15) is 4.88 Å². The number of aromatic nitrogens is 2. The van der Waals surface area contributed by atoms with Crippen molar-refractivity contribution in [2.24, 2.45) is 7.05 Å². The highest BCUT2D eigenvalue weighted by molar-refractivity contribution is 8.00.